The first kappa shape index (κ1) is 16.2. The summed E-state index contributed by atoms with van der Waals surface area (Å²) in [5.41, 5.74) is -0.614. The molecule has 1 heterocycles. The van der Waals surface area contributed by atoms with Gasteiger partial charge in [0.05, 0.1) is 18.9 Å². The van der Waals surface area contributed by atoms with Crippen LogP contribution in [0.1, 0.15) is 24.3 Å². The molecule has 7 nitrogen and oxygen atoms in total. The van der Waals surface area contributed by atoms with E-state index in [1.807, 2.05) is 6.07 Å². The first-order valence-corrected chi connectivity index (χ1v) is 6.84. The molecule has 0 saturated carbocycles. The second kappa shape index (κ2) is 6.32. The molecule has 7 heteroatoms. The number of nitrogens with one attached hydrogen (secondary N) is 2. The molecule has 2 aromatic rings. The third-order valence-corrected chi connectivity index (χ3v) is 3.08. The average Bonchev–Trinajstić information content (AvgIpc) is 2.54. The third-order valence-electron chi connectivity index (χ3n) is 3.08. The Morgan fingerprint density at radius 1 is 1.35 bits per heavy atom. The van der Waals surface area contributed by atoms with Crippen molar-refractivity contribution >= 4 is 5.91 Å². The topological polar surface area (TPSA) is 108 Å². The number of H-pyrrole nitrogens is 1. The number of rotatable bonds is 4. The lowest BCUT2D eigenvalue weighted by atomic mass is 10.1. The molecule has 0 spiro atoms. The lowest BCUT2D eigenvalue weighted by Crippen LogP contribution is -2.42. The van der Waals surface area contributed by atoms with Gasteiger partial charge in [-0.25, -0.2) is 4.79 Å². The van der Waals surface area contributed by atoms with Crippen LogP contribution in [0.25, 0.3) is 11.3 Å². The van der Waals surface area contributed by atoms with Gasteiger partial charge in [0.1, 0.15) is 17.0 Å². The summed E-state index contributed by atoms with van der Waals surface area (Å²) in [4.78, 5) is 30.1. The molecule has 0 aliphatic rings. The van der Waals surface area contributed by atoms with E-state index in [1.54, 1.807) is 45.2 Å². The molecule has 0 aliphatic heterocycles. The van der Waals surface area contributed by atoms with E-state index >= 15 is 0 Å². The normalized spacial score (nSPS) is 10.7. The fourth-order valence-corrected chi connectivity index (χ4v) is 1.87. The second-order valence-electron chi connectivity index (χ2n) is 5.40. The summed E-state index contributed by atoms with van der Waals surface area (Å²) in [5.74, 6) is 0.123. The molecule has 2 rings (SSSR count). The summed E-state index contributed by atoms with van der Waals surface area (Å²) in [6.07, 6.45) is 0. The van der Waals surface area contributed by atoms with E-state index in [2.05, 4.69) is 15.3 Å². The fraction of sp³-hybridized carbons (Fsp3) is 0.250. The molecule has 0 bridgehead atoms. The summed E-state index contributed by atoms with van der Waals surface area (Å²) in [7, 11) is 1.56. The van der Waals surface area contributed by atoms with Crippen molar-refractivity contribution in [1.29, 1.82) is 5.26 Å². The largest absolute Gasteiger partial charge is 0.497 e. The Morgan fingerprint density at radius 3 is 2.57 bits per heavy atom. The highest BCUT2D eigenvalue weighted by Gasteiger charge is 2.21. The quantitative estimate of drug-likeness (QED) is 0.889. The maximum Gasteiger partial charge on any atom is 0.346 e. The molecule has 0 atom stereocenters. The maximum absolute atomic E-state index is 12.2. The van der Waals surface area contributed by atoms with Crippen LogP contribution in [0.2, 0.25) is 0 Å². The third kappa shape index (κ3) is 3.95. The number of nitrogens with zero attached hydrogens (tertiary/aromatic N) is 2. The van der Waals surface area contributed by atoms with Crippen LogP contribution in [-0.2, 0) is 0 Å². The Morgan fingerprint density at radius 2 is 2.00 bits per heavy atom. The molecular weight excluding hydrogens is 296 g/mol. The highest BCUT2D eigenvalue weighted by Crippen LogP contribution is 2.20. The molecule has 0 aliphatic carbocycles. The number of hydrogen-bond acceptors (Lipinski definition) is 5. The zero-order valence-electron chi connectivity index (χ0n) is 13.0. The number of aromatic amines is 1. The van der Waals surface area contributed by atoms with Gasteiger partial charge in [0.2, 0.25) is 0 Å². The smallest absolute Gasteiger partial charge is 0.346 e. The van der Waals surface area contributed by atoms with Gasteiger partial charge < -0.3 is 15.0 Å². The van der Waals surface area contributed by atoms with E-state index in [9.17, 15) is 9.59 Å². The predicted molar refractivity (Wildman–Crippen MR) is 84.0 cm³/mol. The number of nitriles is 1. The van der Waals surface area contributed by atoms with Gasteiger partial charge in [-0.05, 0) is 44.2 Å². The van der Waals surface area contributed by atoms with Gasteiger partial charge in [0, 0.05) is 5.56 Å². The monoisotopic (exact) mass is 312 g/mol. The lowest BCUT2D eigenvalue weighted by Gasteiger charge is -2.17. The number of carbonyl (C=O) groups excluding carboxylic acids is 1. The maximum atomic E-state index is 12.2. The van der Waals surface area contributed by atoms with E-state index in [1.165, 1.54) is 6.07 Å². The van der Waals surface area contributed by atoms with Crippen molar-refractivity contribution in [2.75, 3.05) is 7.11 Å². The van der Waals surface area contributed by atoms with Crippen molar-refractivity contribution in [2.45, 2.75) is 19.4 Å². The Bertz CT molecular complexity index is 816. The standard InChI is InChI=1S/C16H16N4O3/c1-16(2,9-17)20-14(21)13-8-12(18-15(22)19-13)10-4-6-11(23-3)7-5-10/h4-8H,1-3H3,(H,20,21)(H,18,19,22). The van der Waals surface area contributed by atoms with Crippen molar-refractivity contribution < 1.29 is 9.53 Å². The van der Waals surface area contributed by atoms with E-state index < -0.39 is 17.1 Å². The van der Waals surface area contributed by atoms with Gasteiger partial charge in [-0.2, -0.15) is 10.2 Å². The Balaban J connectivity index is 2.37. The summed E-state index contributed by atoms with van der Waals surface area (Å²) >= 11 is 0. The fourth-order valence-electron chi connectivity index (χ4n) is 1.87. The molecule has 1 aromatic carbocycles. The number of ether oxygens (including phenoxy) is 1. The summed E-state index contributed by atoms with van der Waals surface area (Å²) < 4.78 is 5.07. The van der Waals surface area contributed by atoms with Crippen molar-refractivity contribution in [3.05, 3.63) is 46.5 Å². The van der Waals surface area contributed by atoms with Crippen LogP contribution < -0.4 is 15.7 Å². The van der Waals surface area contributed by atoms with Crippen molar-refractivity contribution in [2.24, 2.45) is 0 Å². The van der Waals surface area contributed by atoms with Crippen molar-refractivity contribution in [3.63, 3.8) is 0 Å². The minimum atomic E-state index is -1.04. The van der Waals surface area contributed by atoms with Gasteiger partial charge >= 0.3 is 5.69 Å². The minimum Gasteiger partial charge on any atom is -0.497 e. The van der Waals surface area contributed by atoms with Crippen molar-refractivity contribution in [3.8, 4) is 23.1 Å². The lowest BCUT2D eigenvalue weighted by molar-refractivity contribution is 0.0923. The molecule has 0 unspecified atom stereocenters. The number of amides is 1. The highest BCUT2D eigenvalue weighted by atomic mass is 16.5. The molecule has 1 aromatic heterocycles. The van der Waals surface area contributed by atoms with Crippen molar-refractivity contribution in [1.82, 2.24) is 15.3 Å². The van der Waals surface area contributed by atoms with Crippen LogP contribution >= 0.6 is 0 Å². The number of aromatic nitrogens is 2. The molecule has 0 radical (unpaired) electrons. The van der Waals surface area contributed by atoms with Crippen LogP contribution in [0.5, 0.6) is 5.75 Å². The van der Waals surface area contributed by atoms with E-state index in [0.29, 0.717) is 17.0 Å². The van der Waals surface area contributed by atoms with Gasteiger partial charge in [-0.1, -0.05) is 0 Å². The number of methoxy groups -OCH3 is 1. The summed E-state index contributed by atoms with van der Waals surface area (Å²) in [5, 5.41) is 11.5. The van der Waals surface area contributed by atoms with Gasteiger partial charge in [-0.3, -0.25) is 4.79 Å². The van der Waals surface area contributed by atoms with Crippen LogP contribution in [0.4, 0.5) is 0 Å². The number of hydrogen-bond donors (Lipinski definition) is 2. The number of benzene rings is 1. The molecule has 0 fully saturated rings. The summed E-state index contributed by atoms with van der Waals surface area (Å²) in [6, 6.07) is 10.4. The Kier molecular flexibility index (Phi) is 4.46. The number of carbonyl (C=O) groups is 1. The highest BCUT2D eigenvalue weighted by molar-refractivity contribution is 5.93. The SMILES string of the molecule is COc1ccc(-c2cc(C(=O)NC(C)(C)C#N)[nH]c(=O)n2)cc1. The van der Waals surface area contributed by atoms with Gasteiger partial charge in [-0.15, -0.1) is 0 Å². The van der Waals surface area contributed by atoms with Crippen LogP contribution in [-0.4, -0.2) is 28.5 Å². The van der Waals surface area contributed by atoms with E-state index in [4.69, 9.17) is 10.00 Å². The predicted octanol–water partition coefficient (Wildman–Crippen LogP) is 1.48. The Hall–Kier alpha value is -3.14. The first-order valence-electron chi connectivity index (χ1n) is 6.84. The Labute approximate surface area is 132 Å². The summed E-state index contributed by atoms with van der Waals surface area (Å²) in [6.45, 7) is 3.13. The zero-order valence-corrected chi connectivity index (χ0v) is 13.0. The molecule has 1 amide bonds. The molecule has 23 heavy (non-hydrogen) atoms. The average molecular weight is 312 g/mol. The molecule has 0 saturated heterocycles. The molecular formula is C16H16N4O3. The molecule has 118 valence electrons. The van der Waals surface area contributed by atoms with Crippen LogP contribution in [0.3, 0.4) is 0 Å². The van der Waals surface area contributed by atoms with Gasteiger partial charge in [0.25, 0.3) is 5.91 Å². The zero-order chi connectivity index (χ0) is 17.0. The first-order chi connectivity index (χ1) is 10.8. The minimum absolute atomic E-state index is 0.0409. The van der Waals surface area contributed by atoms with Crippen LogP contribution in [0.15, 0.2) is 35.1 Å². The molecule has 2 N–H and O–H groups in total. The second-order valence-corrected chi connectivity index (χ2v) is 5.40. The van der Waals surface area contributed by atoms with Gasteiger partial charge in [0.15, 0.2) is 0 Å². The van der Waals surface area contributed by atoms with Crippen LogP contribution in [0, 0.1) is 11.3 Å². The van der Waals surface area contributed by atoms with E-state index in [0.717, 1.165) is 0 Å². The van der Waals surface area contributed by atoms with E-state index in [-0.39, 0.29) is 5.69 Å².